The Hall–Kier alpha value is -3.23. The number of rotatable bonds is 5. The third kappa shape index (κ3) is 4.49. The highest BCUT2D eigenvalue weighted by molar-refractivity contribution is 7.73. The minimum atomic E-state index is -3.81. The van der Waals surface area contributed by atoms with Gasteiger partial charge in [-0.1, -0.05) is 10.1 Å². The van der Waals surface area contributed by atoms with Crippen LogP contribution in [0.25, 0.3) is 0 Å². The van der Waals surface area contributed by atoms with Gasteiger partial charge in [0.25, 0.3) is 23.6 Å². The molecule has 2 aliphatic heterocycles. The van der Waals surface area contributed by atoms with Crippen molar-refractivity contribution in [2.45, 2.75) is 37.7 Å². The second-order valence-electron chi connectivity index (χ2n) is 5.21. The van der Waals surface area contributed by atoms with E-state index >= 15 is 0 Å². The number of thiol groups is 1. The molecule has 0 saturated carbocycles. The van der Waals surface area contributed by atoms with Crippen molar-refractivity contribution in [3.8, 4) is 0 Å². The summed E-state index contributed by atoms with van der Waals surface area (Å²) in [5.41, 5.74) is 0. The summed E-state index contributed by atoms with van der Waals surface area (Å²) in [6, 6.07) is 0. The molecule has 148 valence electrons. The number of imide groups is 2. The van der Waals surface area contributed by atoms with Crippen LogP contribution in [0.5, 0.6) is 0 Å². The van der Waals surface area contributed by atoms with Gasteiger partial charge in [0.05, 0.1) is 0 Å². The van der Waals surface area contributed by atoms with Crippen LogP contribution in [0.3, 0.4) is 0 Å². The van der Waals surface area contributed by atoms with Crippen LogP contribution in [0.1, 0.15) is 32.6 Å². The Morgan fingerprint density at radius 2 is 1.07 bits per heavy atom. The molecule has 4 amide bonds. The van der Waals surface area contributed by atoms with Crippen LogP contribution in [0.15, 0.2) is 0 Å². The summed E-state index contributed by atoms with van der Waals surface area (Å²) in [6.07, 6.45) is -4.58. The maximum atomic E-state index is 11.6. The van der Waals surface area contributed by atoms with Gasteiger partial charge in [0.15, 0.2) is 0 Å². The SMILES string of the molecule is CC(OC(=O)ON1C(=O)CCC1=O)(OC(=O)ON1C(=O)CCC1=O)[SH](=O)=O. The molecule has 0 aromatic heterocycles. The largest absolute Gasteiger partial charge is 0.538 e. The lowest BCUT2D eigenvalue weighted by Crippen LogP contribution is -2.43. The lowest BCUT2D eigenvalue weighted by molar-refractivity contribution is -0.199. The Kier molecular flexibility index (Phi) is 5.63. The summed E-state index contributed by atoms with van der Waals surface area (Å²) in [4.78, 5) is 77.2. The zero-order chi connectivity index (χ0) is 20.4. The van der Waals surface area contributed by atoms with E-state index in [9.17, 15) is 37.2 Å². The Morgan fingerprint density at radius 3 is 1.33 bits per heavy atom. The molecule has 0 N–H and O–H groups in total. The molecule has 2 aliphatic rings. The van der Waals surface area contributed by atoms with E-state index in [1.807, 2.05) is 0 Å². The van der Waals surface area contributed by atoms with E-state index in [0.717, 1.165) is 0 Å². The lowest BCUT2D eigenvalue weighted by atomic mass is 10.4. The molecule has 0 aromatic carbocycles. The first-order valence-electron chi connectivity index (χ1n) is 7.21. The van der Waals surface area contributed by atoms with Gasteiger partial charge in [0.2, 0.25) is 10.7 Å². The Labute approximate surface area is 151 Å². The smallest absolute Gasteiger partial charge is 0.375 e. The van der Waals surface area contributed by atoms with Crippen molar-refractivity contribution in [2.75, 3.05) is 0 Å². The van der Waals surface area contributed by atoms with Gasteiger partial charge in [0, 0.05) is 32.6 Å². The first-order chi connectivity index (χ1) is 12.5. The maximum Gasteiger partial charge on any atom is 0.538 e. The van der Waals surface area contributed by atoms with Crippen LogP contribution in [-0.2, 0) is 49.0 Å². The molecule has 0 aliphatic carbocycles. The number of amides is 4. The maximum absolute atomic E-state index is 11.6. The second kappa shape index (κ2) is 7.56. The van der Waals surface area contributed by atoms with Crippen LogP contribution in [0.2, 0.25) is 0 Å². The third-order valence-electron chi connectivity index (χ3n) is 3.22. The fraction of sp³-hybridized carbons (Fsp3) is 0.500. The van der Waals surface area contributed by atoms with Crippen molar-refractivity contribution < 1.29 is 56.3 Å². The van der Waals surface area contributed by atoms with E-state index in [1.54, 1.807) is 0 Å². The molecule has 2 saturated heterocycles. The number of nitrogens with zero attached hydrogens (tertiary/aromatic N) is 2. The van der Waals surface area contributed by atoms with Crippen LogP contribution in [-0.4, -0.2) is 59.6 Å². The summed E-state index contributed by atoms with van der Waals surface area (Å²) < 4.78 is 31.3. The van der Waals surface area contributed by atoms with E-state index < -0.39 is 51.8 Å². The van der Waals surface area contributed by atoms with Crippen LogP contribution < -0.4 is 0 Å². The minimum absolute atomic E-state index is 0.0700. The Balaban J connectivity index is 2.01. The van der Waals surface area contributed by atoms with Crippen LogP contribution in [0, 0.1) is 0 Å². The summed E-state index contributed by atoms with van der Waals surface area (Å²) in [5, 5.41) is -2.85. The van der Waals surface area contributed by atoms with Crippen molar-refractivity contribution in [2.24, 2.45) is 0 Å². The zero-order valence-corrected chi connectivity index (χ0v) is 14.5. The number of ether oxygens (including phenoxy) is 2. The third-order valence-corrected chi connectivity index (χ3v) is 4.07. The molecule has 0 unspecified atom stereocenters. The van der Waals surface area contributed by atoms with Gasteiger partial charge in [-0.05, 0) is 0 Å². The van der Waals surface area contributed by atoms with Gasteiger partial charge in [0.1, 0.15) is 0 Å². The molecule has 0 spiro atoms. The molecule has 27 heavy (non-hydrogen) atoms. The fourth-order valence-electron chi connectivity index (χ4n) is 1.91. The average Bonchev–Trinajstić information content (AvgIpc) is 3.04. The number of carbonyl (C=O) groups excluding carboxylic acids is 6. The fourth-order valence-corrected chi connectivity index (χ4v) is 2.20. The molecule has 0 bridgehead atoms. The van der Waals surface area contributed by atoms with Crippen molar-refractivity contribution in [3.05, 3.63) is 0 Å². The van der Waals surface area contributed by atoms with Crippen molar-refractivity contribution >= 4 is 46.6 Å². The molecule has 14 nitrogen and oxygen atoms in total. The van der Waals surface area contributed by atoms with Gasteiger partial charge >= 0.3 is 17.4 Å². The number of hydrogen-bond donors (Lipinski definition) is 1. The molecular formula is C12H12N2O12S. The highest BCUT2D eigenvalue weighted by Crippen LogP contribution is 2.20. The lowest BCUT2D eigenvalue weighted by Gasteiger charge is -2.23. The standard InChI is InChI=1S/C12H12N2O12S/c1-12(27(21)22,23-10(19)25-13-6(15)2-3-7(13)16)24-11(20)26-14-8(17)4-5-9(14)18/h27H,2-5H2,1H3. The average molecular weight is 408 g/mol. The van der Waals surface area contributed by atoms with E-state index in [-0.39, 0.29) is 35.8 Å². The zero-order valence-electron chi connectivity index (χ0n) is 13.6. The predicted octanol–water partition coefficient (Wildman–Crippen LogP) is -1.29. The molecule has 2 fully saturated rings. The predicted molar refractivity (Wildman–Crippen MR) is 76.0 cm³/mol. The van der Waals surface area contributed by atoms with E-state index in [4.69, 9.17) is 0 Å². The molecule has 0 aromatic rings. The summed E-state index contributed by atoms with van der Waals surface area (Å²) >= 11 is 0. The van der Waals surface area contributed by atoms with E-state index in [0.29, 0.717) is 6.92 Å². The molecule has 2 heterocycles. The highest BCUT2D eigenvalue weighted by Gasteiger charge is 2.43. The van der Waals surface area contributed by atoms with Crippen LogP contribution in [0.4, 0.5) is 9.59 Å². The normalized spacial score (nSPS) is 17.6. The summed E-state index contributed by atoms with van der Waals surface area (Å²) in [5.74, 6) is -3.46. The van der Waals surface area contributed by atoms with Crippen LogP contribution >= 0.6 is 0 Å². The van der Waals surface area contributed by atoms with Gasteiger partial charge in [-0.25, -0.2) is 18.0 Å². The highest BCUT2D eigenvalue weighted by atomic mass is 32.2. The Morgan fingerprint density at radius 1 is 0.778 bits per heavy atom. The summed E-state index contributed by atoms with van der Waals surface area (Å²) in [6.45, 7) is 0.600. The monoisotopic (exact) mass is 408 g/mol. The number of hydroxylamine groups is 4. The minimum Gasteiger partial charge on any atom is -0.375 e. The molecular weight excluding hydrogens is 396 g/mol. The topological polar surface area (TPSA) is 180 Å². The second-order valence-corrected chi connectivity index (χ2v) is 6.53. The van der Waals surface area contributed by atoms with Gasteiger partial charge in [-0.2, -0.15) is 0 Å². The Bertz CT molecular complexity index is 710. The van der Waals surface area contributed by atoms with E-state index in [1.165, 1.54) is 0 Å². The van der Waals surface area contributed by atoms with Crippen molar-refractivity contribution in [3.63, 3.8) is 0 Å². The van der Waals surface area contributed by atoms with E-state index in [2.05, 4.69) is 19.1 Å². The first-order valence-corrected chi connectivity index (χ1v) is 8.39. The quantitative estimate of drug-likeness (QED) is 0.246. The summed E-state index contributed by atoms with van der Waals surface area (Å²) in [7, 11) is -3.81. The van der Waals surface area contributed by atoms with Crippen molar-refractivity contribution in [1.29, 1.82) is 0 Å². The van der Waals surface area contributed by atoms with Crippen molar-refractivity contribution in [1.82, 2.24) is 10.1 Å². The van der Waals surface area contributed by atoms with Gasteiger partial charge in [-0.3, -0.25) is 28.9 Å². The molecule has 0 radical (unpaired) electrons. The molecule has 15 heteroatoms. The first kappa shape index (κ1) is 20.1. The van der Waals surface area contributed by atoms with Gasteiger partial charge < -0.3 is 9.47 Å². The number of hydrogen-bond acceptors (Lipinski definition) is 12. The molecule has 0 atom stereocenters. The number of carbonyl (C=O) groups is 6. The van der Waals surface area contributed by atoms with Gasteiger partial charge in [-0.15, -0.1) is 0 Å². The molecule has 2 rings (SSSR count).